The molecule has 2 aliphatic heterocycles. The Morgan fingerprint density at radius 3 is 2.55 bits per heavy atom. The largest absolute Gasteiger partial charge is 0.454 e. The number of carbonyl (C=O) groups excluding carboxylic acids is 1. The van der Waals surface area contributed by atoms with Gasteiger partial charge in [0.15, 0.2) is 11.5 Å². The fourth-order valence-corrected chi connectivity index (χ4v) is 5.61. The van der Waals surface area contributed by atoms with Gasteiger partial charge in [-0.05, 0) is 42.1 Å². The van der Waals surface area contributed by atoms with E-state index in [0.717, 1.165) is 32.7 Å². The second-order valence-electron chi connectivity index (χ2n) is 8.59. The monoisotopic (exact) mass is 463 g/mol. The molecule has 1 amide bonds. The summed E-state index contributed by atoms with van der Waals surface area (Å²) in [7, 11) is 0. The van der Waals surface area contributed by atoms with Crippen molar-refractivity contribution < 1.29 is 14.3 Å². The van der Waals surface area contributed by atoms with E-state index in [0.29, 0.717) is 17.1 Å². The summed E-state index contributed by atoms with van der Waals surface area (Å²) in [6, 6.07) is 20.3. The number of carbonyl (C=O) groups is 1. The number of hydrogen-bond donors (Lipinski definition) is 1. The molecule has 2 aliphatic rings. The molecule has 6 nitrogen and oxygen atoms in total. The van der Waals surface area contributed by atoms with Gasteiger partial charge in [0.1, 0.15) is 0 Å². The van der Waals surface area contributed by atoms with Crippen molar-refractivity contribution in [3.05, 3.63) is 82.0 Å². The van der Waals surface area contributed by atoms with Crippen molar-refractivity contribution in [2.75, 3.05) is 33.0 Å². The summed E-state index contributed by atoms with van der Waals surface area (Å²) in [6.07, 6.45) is 0. The van der Waals surface area contributed by atoms with E-state index in [1.807, 2.05) is 0 Å². The second-order valence-corrected chi connectivity index (χ2v) is 9.57. The highest BCUT2D eigenvalue weighted by Crippen LogP contribution is 2.33. The number of ether oxygens (including phenoxy) is 2. The highest BCUT2D eigenvalue weighted by Gasteiger charge is 2.31. The first kappa shape index (κ1) is 21.9. The van der Waals surface area contributed by atoms with Crippen LogP contribution in [0.2, 0.25) is 0 Å². The van der Waals surface area contributed by atoms with Crippen molar-refractivity contribution in [2.24, 2.45) is 0 Å². The molecule has 0 radical (unpaired) electrons. The lowest BCUT2D eigenvalue weighted by molar-refractivity contribution is 0.0714. The van der Waals surface area contributed by atoms with E-state index in [2.05, 4.69) is 69.9 Å². The van der Waals surface area contributed by atoms with Crippen LogP contribution in [0.15, 0.2) is 66.0 Å². The molecule has 172 valence electrons. The zero-order valence-corrected chi connectivity index (χ0v) is 19.6. The van der Waals surface area contributed by atoms with E-state index in [1.54, 1.807) is 29.5 Å². The van der Waals surface area contributed by atoms with Crippen LogP contribution in [0.1, 0.15) is 33.8 Å². The van der Waals surface area contributed by atoms with Gasteiger partial charge in [0.2, 0.25) is 6.79 Å². The number of nitrogens with one attached hydrogen (secondary N) is 1. The maximum atomic E-state index is 13.0. The van der Waals surface area contributed by atoms with Gasteiger partial charge >= 0.3 is 0 Å². The van der Waals surface area contributed by atoms with Crippen LogP contribution in [0.4, 0.5) is 0 Å². The summed E-state index contributed by atoms with van der Waals surface area (Å²) in [4.78, 5) is 19.3. The average molecular weight is 464 g/mol. The van der Waals surface area contributed by atoms with Gasteiger partial charge in [-0.15, -0.1) is 11.3 Å². The van der Waals surface area contributed by atoms with Crippen LogP contribution in [0.5, 0.6) is 11.5 Å². The predicted molar refractivity (Wildman–Crippen MR) is 130 cm³/mol. The van der Waals surface area contributed by atoms with Crippen LogP contribution in [0.3, 0.4) is 0 Å². The molecule has 0 unspecified atom stereocenters. The molecule has 1 fully saturated rings. The molecule has 0 bridgehead atoms. The van der Waals surface area contributed by atoms with E-state index in [4.69, 9.17) is 9.47 Å². The second kappa shape index (κ2) is 9.95. The van der Waals surface area contributed by atoms with Gasteiger partial charge < -0.3 is 14.8 Å². The number of nitrogens with zero attached hydrogens (tertiary/aromatic N) is 2. The molecule has 1 N–H and O–H groups in total. The first-order valence-corrected chi connectivity index (χ1v) is 12.3. The average Bonchev–Trinajstić information content (AvgIpc) is 3.53. The molecule has 5 rings (SSSR count). The van der Waals surface area contributed by atoms with E-state index in [9.17, 15) is 4.79 Å². The fraction of sp³-hybridized carbons (Fsp3) is 0.346. The molecule has 0 aliphatic carbocycles. The molecule has 33 heavy (non-hydrogen) atoms. The highest BCUT2D eigenvalue weighted by molar-refractivity contribution is 7.10. The number of benzene rings is 2. The highest BCUT2D eigenvalue weighted by atomic mass is 32.1. The number of thiophene rings is 1. The molecule has 3 aromatic rings. The standard InChI is InChI=1S/C26H29N3O3S/c1-19(27-26(30)21-9-10-22-23(16-21)32-18-31-22)25(24-8-5-15-33-24)29-13-11-28(12-14-29)17-20-6-3-2-4-7-20/h2-10,15-16,19,25H,11-14,17-18H2,1H3,(H,27,30)/t19-,25+/m0/s1. The Bertz CT molecular complexity index is 1070. The predicted octanol–water partition coefficient (Wildman–Crippen LogP) is 4.15. The van der Waals surface area contributed by atoms with E-state index in [-0.39, 0.29) is 24.8 Å². The first-order valence-electron chi connectivity index (χ1n) is 11.4. The molecular formula is C26H29N3O3S. The molecule has 7 heteroatoms. The Morgan fingerprint density at radius 1 is 1.00 bits per heavy atom. The van der Waals surface area contributed by atoms with Crippen molar-refractivity contribution in [2.45, 2.75) is 25.6 Å². The van der Waals surface area contributed by atoms with Crippen molar-refractivity contribution in [1.29, 1.82) is 0 Å². The van der Waals surface area contributed by atoms with Crippen molar-refractivity contribution >= 4 is 17.2 Å². The first-order chi connectivity index (χ1) is 16.2. The molecule has 0 spiro atoms. The van der Waals surface area contributed by atoms with Crippen LogP contribution in [-0.2, 0) is 6.54 Å². The number of fused-ring (bicyclic) bond motifs is 1. The number of hydrogen-bond acceptors (Lipinski definition) is 6. The summed E-state index contributed by atoms with van der Waals surface area (Å²) in [6.45, 7) is 7.26. The van der Waals surface area contributed by atoms with Crippen LogP contribution in [-0.4, -0.2) is 54.7 Å². The van der Waals surface area contributed by atoms with Crippen molar-refractivity contribution in [3.8, 4) is 11.5 Å². The third kappa shape index (κ3) is 5.05. The van der Waals surface area contributed by atoms with E-state index in [1.165, 1.54) is 10.4 Å². The van der Waals surface area contributed by atoms with Gasteiger partial charge in [0, 0.05) is 49.2 Å². The van der Waals surface area contributed by atoms with Gasteiger partial charge in [0.05, 0.1) is 6.04 Å². The quantitative estimate of drug-likeness (QED) is 0.570. The Kier molecular flexibility index (Phi) is 6.62. The molecule has 2 atom stereocenters. The van der Waals surface area contributed by atoms with Gasteiger partial charge in [-0.2, -0.15) is 0 Å². The Morgan fingerprint density at radius 2 is 1.79 bits per heavy atom. The third-order valence-corrected chi connectivity index (χ3v) is 7.29. The maximum absolute atomic E-state index is 13.0. The summed E-state index contributed by atoms with van der Waals surface area (Å²) in [5.74, 6) is 1.22. The smallest absolute Gasteiger partial charge is 0.251 e. The fourth-order valence-electron chi connectivity index (χ4n) is 4.65. The minimum atomic E-state index is -0.0925. The number of rotatable bonds is 7. The van der Waals surface area contributed by atoms with E-state index >= 15 is 0 Å². The lowest BCUT2D eigenvalue weighted by atomic mass is 10.0. The van der Waals surface area contributed by atoms with Gasteiger partial charge in [-0.25, -0.2) is 0 Å². The Labute approximate surface area is 198 Å². The topological polar surface area (TPSA) is 54.0 Å². The zero-order chi connectivity index (χ0) is 22.6. The normalized spacial score (nSPS) is 18.1. The van der Waals surface area contributed by atoms with Gasteiger partial charge in [-0.3, -0.25) is 14.6 Å². The minimum absolute atomic E-state index is 0.0396. The zero-order valence-electron chi connectivity index (χ0n) is 18.8. The lowest BCUT2D eigenvalue weighted by Crippen LogP contribution is -2.52. The van der Waals surface area contributed by atoms with Gasteiger partial charge in [0.25, 0.3) is 5.91 Å². The van der Waals surface area contributed by atoms with Crippen LogP contribution < -0.4 is 14.8 Å². The summed E-state index contributed by atoms with van der Waals surface area (Å²) in [5, 5.41) is 5.35. The lowest BCUT2D eigenvalue weighted by Gasteiger charge is -2.41. The number of amides is 1. The molecule has 0 saturated carbocycles. The van der Waals surface area contributed by atoms with Crippen LogP contribution >= 0.6 is 11.3 Å². The van der Waals surface area contributed by atoms with Crippen molar-refractivity contribution in [1.82, 2.24) is 15.1 Å². The molecule has 3 heterocycles. The molecule has 1 aromatic heterocycles. The SMILES string of the molecule is C[C@H](NC(=O)c1ccc2c(c1)OCO2)[C@H](c1cccs1)N1CCN(Cc2ccccc2)CC1. The third-order valence-electron chi connectivity index (χ3n) is 6.35. The summed E-state index contributed by atoms with van der Waals surface area (Å²) in [5.41, 5.74) is 1.94. The Balaban J connectivity index is 1.25. The van der Waals surface area contributed by atoms with Crippen molar-refractivity contribution in [3.63, 3.8) is 0 Å². The Hall–Kier alpha value is -2.87. The summed E-state index contributed by atoms with van der Waals surface area (Å²) < 4.78 is 10.8. The van der Waals surface area contributed by atoms with Crippen LogP contribution in [0.25, 0.3) is 0 Å². The van der Waals surface area contributed by atoms with E-state index < -0.39 is 0 Å². The molecule has 2 aromatic carbocycles. The van der Waals surface area contributed by atoms with Gasteiger partial charge in [-0.1, -0.05) is 36.4 Å². The number of piperazine rings is 1. The molecule has 1 saturated heterocycles. The molecular weight excluding hydrogens is 434 g/mol. The minimum Gasteiger partial charge on any atom is -0.454 e. The summed E-state index contributed by atoms with van der Waals surface area (Å²) >= 11 is 1.75. The maximum Gasteiger partial charge on any atom is 0.251 e. The van der Waals surface area contributed by atoms with Crippen LogP contribution in [0, 0.1) is 0 Å².